The van der Waals surface area contributed by atoms with Crippen LogP contribution < -0.4 is 11.1 Å². The molecule has 0 fully saturated rings. The number of nitrogens with one attached hydrogen (secondary N) is 1. The predicted molar refractivity (Wildman–Crippen MR) is 75.4 cm³/mol. The van der Waals surface area contributed by atoms with E-state index in [1.54, 1.807) is 0 Å². The third-order valence-electron chi connectivity index (χ3n) is 3.66. The van der Waals surface area contributed by atoms with E-state index in [-0.39, 0.29) is 6.04 Å². The molecule has 3 heteroatoms. The van der Waals surface area contributed by atoms with E-state index in [4.69, 9.17) is 5.73 Å². The largest absolute Gasteiger partial charge is 0.323 e. The van der Waals surface area contributed by atoms with Gasteiger partial charge in [-0.2, -0.15) is 0 Å². The predicted octanol–water partition coefficient (Wildman–Crippen LogP) is 2.57. The van der Waals surface area contributed by atoms with Crippen LogP contribution in [0.2, 0.25) is 0 Å². The van der Waals surface area contributed by atoms with Crippen molar-refractivity contribution in [1.82, 2.24) is 10.3 Å². The van der Waals surface area contributed by atoms with Crippen molar-refractivity contribution in [3.8, 4) is 0 Å². The van der Waals surface area contributed by atoms with Crippen LogP contribution in [-0.2, 0) is 6.42 Å². The van der Waals surface area contributed by atoms with E-state index in [1.165, 1.54) is 37.7 Å². The van der Waals surface area contributed by atoms with E-state index in [0.29, 0.717) is 0 Å². The van der Waals surface area contributed by atoms with Gasteiger partial charge in [-0.25, -0.2) is 0 Å². The summed E-state index contributed by atoms with van der Waals surface area (Å²) in [6, 6.07) is 4.43. The Morgan fingerprint density at radius 3 is 2.83 bits per heavy atom. The van der Waals surface area contributed by atoms with Crippen molar-refractivity contribution < 1.29 is 0 Å². The van der Waals surface area contributed by atoms with Crippen LogP contribution in [0.3, 0.4) is 0 Å². The summed E-state index contributed by atoms with van der Waals surface area (Å²) < 4.78 is 0. The fraction of sp³-hybridized carbons (Fsp3) is 0.667. The SMILES string of the molecule is N[C@H]1CCCCCNCCCCc2ccnc1c2. The fourth-order valence-corrected chi connectivity index (χ4v) is 2.50. The molecule has 0 saturated carbocycles. The molecular formula is C15H25N3. The van der Waals surface area contributed by atoms with Gasteiger partial charge in [0, 0.05) is 12.2 Å². The van der Waals surface area contributed by atoms with Gasteiger partial charge in [0.05, 0.1) is 5.69 Å². The van der Waals surface area contributed by atoms with Crippen LogP contribution in [0, 0.1) is 0 Å². The van der Waals surface area contributed by atoms with Gasteiger partial charge in [-0.3, -0.25) is 4.98 Å². The normalized spacial score (nSPS) is 23.3. The molecule has 3 N–H and O–H groups in total. The topological polar surface area (TPSA) is 50.9 Å². The quantitative estimate of drug-likeness (QED) is 0.741. The van der Waals surface area contributed by atoms with Crippen molar-refractivity contribution in [3.63, 3.8) is 0 Å². The highest BCUT2D eigenvalue weighted by molar-refractivity contribution is 5.18. The summed E-state index contributed by atoms with van der Waals surface area (Å²) in [5, 5.41) is 3.51. The summed E-state index contributed by atoms with van der Waals surface area (Å²) in [5.41, 5.74) is 8.66. The van der Waals surface area contributed by atoms with Gasteiger partial charge in [0.2, 0.25) is 0 Å². The second-order valence-corrected chi connectivity index (χ2v) is 5.25. The van der Waals surface area contributed by atoms with Crippen LogP contribution in [-0.4, -0.2) is 18.1 Å². The third-order valence-corrected chi connectivity index (χ3v) is 3.66. The molecule has 0 radical (unpaired) electrons. The molecule has 0 aromatic carbocycles. The van der Waals surface area contributed by atoms with Crippen molar-refractivity contribution in [2.75, 3.05) is 13.1 Å². The molecule has 1 aromatic rings. The summed E-state index contributed by atoms with van der Waals surface area (Å²) >= 11 is 0. The molecule has 0 saturated heterocycles. The molecule has 18 heavy (non-hydrogen) atoms. The zero-order valence-corrected chi connectivity index (χ0v) is 11.2. The fourth-order valence-electron chi connectivity index (χ4n) is 2.50. The molecule has 1 aliphatic rings. The summed E-state index contributed by atoms with van der Waals surface area (Å²) in [6.07, 6.45) is 10.3. The molecule has 1 atom stereocenters. The van der Waals surface area contributed by atoms with Crippen LogP contribution in [0.15, 0.2) is 18.3 Å². The van der Waals surface area contributed by atoms with E-state index in [9.17, 15) is 0 Å². The number of hydrogen-bond donors (Lipinski definition) is 2. The van der Waals surface area contributed by atoms with Gasteiger partial charge in [0.15, 0.2) is 0 Å². The Kier molecular flexibility index (Phi) is 5.62. The van der Waals surface area contributed by atoms with Crippen LogP contribution >= 0.6 is 0 Å². The monoisotopic (exact) mass is 247 g/mol. The lowest BCUT2D eigenvalue weighted by Gasteiger charge is -2.13. The molecule has 0 amide bonds. The van der Waals surface area contributed by atoms with E-state index in [2.05, 4.69) is 22.4 Å². The van der Waals surface area contributed by atoms with E-state index < -0.39 is 0 Å². The maximum absolute atomic E-state index is 6.21. The van der Waals surface area contributed by atoms with Gasteiger partial charge in [0.25, 0.3) is 0 Å². The van der Waals surface area contributed by atoms with E-state index >= 15 is 0 Å². The number of rotatable bonds is 0. The number of fused-ring (bicyclic) bond motifs is 2. The summed E-state index contributed by atoms with van der Waals surface area (Å²) in [7, 11) is 0. The first-order valence-corrected chi connectivity index (χ1v) is 7.27. The number of hydrogen-bond acceptors (Lipinski definition) is 3. The molecule has 2 bridgehead atoms. The second-order valence-electron chi connectivity index (χ2n) is 5.25. The molecule has 0 spiro atoms. The minimum absolute atomic E-state index is 0.112. The standard InChI is InChI=1S/C15H25N3/c16-14-7-2-1-4-9-17-10-5-3-6-13-8-11-18-15(14)12-13/h8,11-12,14,17H,1-7,9-10,16H2/t14-/m0/s1. The van der Waals surface area contributed by atoms with Crippen LogP contribution in [0.4, 0.5) is 0 Å². The molecule has 0 aliphatic carbocycles. The summed E-state index contributed by atoms with van der Waals surface area (Å²) in [4.78, 5) is 4.42. The summed E-state index contributed by atoms with van der Waals surface area (Å²) in [6.45, 7) is 2.30. The van der Waals surface area contributed by atoms with Crippen molar-refractivity contribution in [3.05, 3.63) is 29.6 Å². The third kappa shape index (κ3) is 4.39. The Bertz CT molecular complexity index is 351. The Labute approximate surface area is 110 Å². The number of aromatic nitrogens is 1. The number of pyridine rings is 1. The van der Waals surface area contributed by atoms with Crippen LogP contribution in [0.1, 0.15) is 55.8 Å². The van der Waals surface area contributed by atoms with Gasteiger partial charge in [0.1, 0.15) is 0 Å². The van der Waals surface area contributed by atoms with Crippen LogP contribution in [0.5, 0.6) is 0 Å². The van der Waals surface area contributed by atoms with Crippen molar-refractivity contribution in [1.29, 1.82) is 0 Å². The maximum atomic E-state index is 6.21. The van der Waals surface area contributed by atoms with Crippen molar-refractivity contribution in [2.24, 2.45) is 5.73 Å². The number of aryl methyl sites for hydroxylation is 1. The average Bonchev–Trinajstić information content (AvgIpc) is 2.40. The highest BCUT2D eigenvalue weighted by Gasteiger charge is 2.08. The van der Waals surface area contributed by atoms with E-state index in [0.717, 1.165) is 31.6 Å². The first kappa shape index (κ1) is 13.5. The lowest BCUT2D eigenvalue weighted by Crippen LogP contribution is -2.17. The minimum atomic E-state index is 0.112. The van der Waals surface area contributed by atoms with Crippen molar-refractivity contribution >= 4 is 0 Å². The molecule has 0 unspecified atom stereocenters. The smallest absolute Gasteiger partial charge is 0.0573 e. The Hall–Kier alpha value is -0.930. The molecule has 2 rings (SSSR count). The van der Waals surface area contributed by atoms with Crippen LogP contribution in [0.25, 0.3) is 0 Å². The van der Waals surface area contributed by atoms with Gasteiger partial charge >= 0.3 is 0 Å². The molecule has 100 valence electrons. The molecule has 2 heterocycles. The zero-order chi connectivity index (χ0) is 12.6. The second kappa shape index (κ2) is 7.49. The average molecular weight is 247 g/mol. The maximum Gasteiger partial charge on any atom is 0.0573 e. The minimum Gasteiger partial charge on any atom is -0.323 e. The molecular weight excluding hydrogens is 222 g/mol. The highest BCUT2D eigenvalue weighted by atomic mass is 14.8. The Morgan fingerprint density at radius 1 is 1.11 bits per heavy atom. The van der Waals surface area contributed by atoms with E-state index in [1.807, 2.05) is 6.20 Å². The lowest BCUT2D eigenvalue weighted by molar-refractivity contribution is 0.532. The van der Waals surface area contributed by atoms with Gasteiger partial charge in [-0.15, -0.1) is 0 Å². The first-order chi connectivity index (χ1) is 8.86. The Balaban J connectivity index is 2.00. The number of nitrogens with two attached hydrogens (primary N) is 1. The zero-order valence-electron chi connectivity index (χ0n) is 11.2. The van der Waals surface area contributed by atoms with Gasteiger partial charge in [-0.1, -0.05) is 12.8 Å². The Morgan fingerprint density at radius 2 is 1.94 bits per heavy atom. The summed E-state index contributed by atoms with van der Waals surface area (Å²) in [5.74, 6) is 0. The lowest BCUT2D eigenvalue weighted by atomic mass is 10.0. The molecule has 1 aliphatic heterocycles. The van der Waals surface area contributed by atoms with Gasteiger partial charge in [-0.05, 0) is 62.9 Å². The number of nitrogens with zero attached hydrogens (tertiary/aromatic N) is 1. The van der Waals surface area contributed by atoms with Gasteiger partial charge < -0.3 is 11.1 Å². The van der Waals surface area contributed by atoms with Crippen molar-refractivity contribution in [2.45, 2.75) is 51.0 Å². The first-order valence-electron chi connectivity index (χ1n) is 7.27. The molecule has 1 aromatic heterocycles. The molecule has 3 nitrogen and oxygen atoms in total. The highest BCUT2D eigenvalue weighted by Crippen LogP contribution is 2.17.